The fraction of sp³-hybridized carbons (Fsp3) is 0.524. The van der Waals surface area contributed by atoms with E-state index < -0.39 is 6.29 Å². The zero-order chi connectivity index (χ0) is 35.4. The van der Waals surface area contributed by atoms with Crippen LogP contribution in [0.1, 0.15) is 108 Å². The largest absolute Gasteiger partial charge is 0.392 e. The van der Waals surface area contributed by atoms with Gasteiger partial charge in [-0.2, -0.15) is 0 Å². The van der Waals surface area contributed by atoms with Gasteiger partial charge in [0.05, 0.1) is 24.9 Å². The van der Waals surface area contributed by atoms with Crippen LogP contribution in [-0.4, -0.2) is 52.1 Å². The highest BCUT2D eigenvalue weighted by Gasteiger charge is 2.46. The maximum absolute atomic E-state index is 13.9. The molecule has 3 fully saturated rings. The van der Waals surface area contributed by atoms with E-state index in [9.17, 15) is 14.7 Å². The number of piperidine rings is 1. The predicted octanol–water partition coefficient (Wildman–Crippen LogP) is 7.21. The number of carbonyl (C=O) groups is 2. The third kappa shape index (κ3) is 8.65. The van der Waals surface area contributed by atoms with Crippen LogP contribution in [0, 0.1) is 11.8 Å². The molecule has 3 aliphatic rings. The molecule has 2 amide bonds. The topological polar surface area (TPSA) is 100 Å². The van der Waals surface area contributed by atoms with Gasteiger partial charge >= 0.3 is 0 Å². The van der Waals surface area contributed by atoms with Gasteiger partial charge in [-0.3, -0.25) is 14.5 Å². The van der Waals surface area contributed by atoms with Gasteiger partial charge in [-0.15, -0.1) is 0 Å². The SMILES string of the molecule is CC(=O)NCc1cccc(-c2cccc(C3OC(CN4C(C(=O)NC(C)(C)C)CCC5CCCCC54)C(C)C(c4ccc(CO)cc4)O3)c2)c1. The summed E-state index contributed by atoms with van der Waals surface area (Å²) in [6, 6.07) is 24.7. The summed E-state index contributed by atoms with van der Waals surface area (Å²) in [5.41, 5.74) is 5.65. The maximum atomic E-state index is 13.9. The lowest BCUT2D eigenvalue weighted by molar-refractivity contribution is -0.278. The van der Waals surface area contributed by atoms with Crippen molar-refractivity contribution in [2.75, 3.05) is 6.54 Å². The normalized spacial score (nSPS) is 27.3. The van der Waals surface area contributed by atoms with Crippen molar-refractivity contribution >= 4 is 11.8 Å². The van der Waals surface area contributed by atoms with Gasteiger partial charge in [0, 0.05) is 43.1 Å². The van der Waals surface area contributed by atoms with Gasteiger partial charge in [-0.25, -0.2) is 0 Å². The molecular formula is C42H55N3O5. The van der Waals surface area contributed by atoms with Crippen LogP contribution in [-0.2, 0) is 32.2 Å². The molecule has 3 aromatic carbocycles. The second kappa shape index (κ2) is 15.8. The average molecular weight is 682 g/mol. The van der Waals surface area contributed by atoms with E-state index in [0.29, 0.717) is 25.0 Å². The van der Waals surface area contributed by atoms with E-state index in [1.54, 1.807) is 0 Å². The molecule has 0 aromatic heterocycles. The Bertz CT molecular complexity index is 1620. The third-order valence-corrected chi connectivity index (χ3v) is 10.8. The molecule has 0 spiro atoms. The van der Waals surface area contributed by atoms with Crippen molar-refractivity contribution in [1.29, 1.82) is 0 Å². The van der Waals surface area contributed by atoms with Crippen molar-refractivity contribution in [1.82, 2.24) is 15.5 Å². The molecule has 8 heteroatoms. The summed E-state index contributed by atoms with van der Waals surface area (Å²) in [6.07, 6.45) is 5.69. The molecule has 7 atom stereocenters. The Morgan fingerprint density at radius 1 is 0.860 bits per heavy atom. The monoisotopic (exact) mass is 681 g/mol. The summed E-state index contributed by atoms with van der Waals surface area (Å²) in [7, 11) is 0. The number of aliphatic hydroxyl groups excluding tert-OH is 1. The predicted molar refractivity (Wildman–Crippen MR) is 196 cm³/mol. The number of likely N-dealkylation sites (tertiary alicyclic amines) is 1. The van der Waals surface area contributed by atoms with E-state index in [4.69, 9.17) is 9.47 Å². The lowest BCUT2D eigenvalue weighted by Gasteiger charge is -2.51. The molecule has 0 radical (unpaired) electrons. The molecule has 1 aliphatic carbocycles. The Kier molecular flexibility index (Phi) is 11.4. The van der Waals surface area contributed by atoms with Crippen molar-refractivity contribution in [2.45, 2.75) is 122 Å². The molecule has 7 unspecified atom stereocenters. The van der Waals surface area contributed by atoms with Gasteiger partial charge in [0.2, 0.25) is 11.8 Å². The first-order valence-corrected chi connectivity index (χ1v) is 18.5. The second-order valence-electron chi connectivity index (χ2n) is 15.7. The minimum atomic E-state index is -0.616. The third-order valence-electron chi connectivity index (χ3n) is 10.8. The highest BCUT2D eigenvalue weighted by atomic mass is 16.7. The molecule has 8 nitrogen and oxygen atoms in total. The number of hydrogen-bond donors (Lipinski definition) is 3. The highest BCUT2D eigenvalue weighted by Crippen LogP contribution is 2.45. The number of aliphatic hydroxyl groups is 1. The van der Waals surface area contributed by atoms with E-state index in [1.807, 2.05) is 30.3 Å². The van der Waals surface area contributed by atoms with Crippen LogP contribution in [0.2, 0.25) is 0 Å². The first-order chi connectivity index (χ1) is 24.0. The lowest BCUT2D eigenvalue weighted by Crippen LogP contribution is -2.61. The van der Waals surface area contributed by atoms with E-state index in [2.05, 4.69) is 85.7 Å². The molecule has 6 rings (SSSR count). The van der Waals surface area contributed by atoms with Crippen molar-refractivity contribution in [3.8, 4) is 11.1 Å². The van der Waals surface area contributed by atoms with Crippen molar-refractivity contribution < 1.29 is 24.2 Å². The Morgan fingerprint density at radius 3 is 2.30 bits per heavy atom. The molecule has 2 aliphatic heterocycles. The van der Waals surface area contributed by atoms with E-state index in [0.717, 1.165) is 52.6 Å². The quantitative estimate of drug-likeness (QED) is 0.221. The number of rotatable bonds is 9. The Morgan fingerprint density at radius 2 is 1.58 bits per heavy atom. The fourth-order valence-corrected chi connectivity index (χ4v) is 8.22. The molecule has 268 valence electrons. The lowest BCUT2D eigenvalue weighted by atomic mass is 9.75. The number of nitrogens with one attached hydrogen (secondary N) is 2. The van der Waals surface area contributed by atoms with Crippen LogP contribution in [0.15, 0.2) is 72.8 Å². The first kappa shape index (κ1) is 36.2. The summed E-state index contributed by atoms with van der Waals surface area (Å²) in [6.45, 7) is 11.0. The summed E-state index contributed by atoms with van der Waals surface area (Å²) < 4.78 is 13.8. The number of carbonyl (C=O) groups excluding carboxylic acids is 2. The van der Waals surface area contributed by atoms with Crippen molar-refractivity contribution in [3.05, 3.63) is 95.1 Å². The summed E-state index contributed by atoms with van der Waals surface area (Å²) in [4.78, 5) is 27.9. The van der Waals surface area contributed by atoms with Crippen LogP contribution in [0.25, 0.3) is 11.1 Å². The molecule has 1 saturated carbocycles. The van der Waals surface area contributed by atoms with Crippen LogP contribution < -0.4 is 10.6 Å². The Labute approximate surface area is 297 Å². The standard InChI is InChI=1S/C42H55N3O5/c1-27-38(25-45-36-15-7-6-11-31(36)20-21-37(45)40(48)44-42(3,4)5)49-41(50-39(27)32-18-16-29(26-46)17-19-32)35-14-9-13-34(23-35)33-12-8-10-30(22-33)24-43-28(2)47/h8-10,12-14,16-19,22-23,27,31,36-39,41,46H,6-7,11,15,20-21,24-26H2,1-5H3,(H,43,47)(H,44,48). The second-order valence-corrected chi connectivity index (χ2v) is 15.7. The number of benzene rings is 3. The van der Waals surface area contributed by atoms with E-state index in [1.165, 1.54) is 26.2 Å². The van der Waals surface area contributed by atoms with Gasteiger partial charge in [-0.05, 0) is 92.3 Å². The van der Waals surface area contributed by atoms with E-state index >= 15 is 0 Å². The average Bonchev–Trinajstić information content (AvgIpc) is 3.11. The van der Waals surface area contributed by atoms with Gasteiger partial charge in [0.25, 0.3) is 0 Å². The molecular weight excluding hydrogens is 626 g/mol. The molecule has 2 heterocycles. The minimum absolute atomic E-state index is 0.00941. The fourth-order valence-electron chi connectivity index (χ4n) is 8.22. The number of fused-ring (bicyclic) bond motifs is 1. The molecule has 2 saturated heterocycles. The zero-order valence-corrected chi connectivity index (χ0v) is 30.4. The molecule has 0 bridgehead atoms. The van der Waals surface area contributed by atoms with E-state index in [-0.39, 0.29) is 48.1 Å². The summed E-state index contributed by atoms with van der Waals surface area (Å²) in [5, 5.41) is 15.9. The number of hydrogen-bond acceptors (Lipinski definition) is 6. The summed E-state index contributed by atoms with van der Waals surface area (Å²) in [5.74, 6) is 0.670. The molecule has 3 aromatic rings. The van der Waals surface area contributed by atoms with Crippen LogP contribution in [0.5, 0.6) is 0 Å². The van der Waals surface area contributed by atoms with Crippen LogP contribution in [0.3, 0.4) is 0 Å². The van der Waals surface area contributed by atoms with Crippen molar-refractivity contribution in [3.63, 3.8) is 0 Å². The van der Waals surface area contributed by atoms with Gasteiger partial charge in [-0.1, -0.05) is 80.4 Å². The summed E-state index contributed by atoms with van der Waals surface area (Å²) >= 11 is 0. The van der Waals surface area contributed by atoms with Crippen LogP contribution >= 0.6 is 0 Å². The minimum Gasteiger partial charge on any atom is -0.392 e. The van der Waals surface area contributed by atoms with Crippen LogP contribution in [0.4, 0.5) is 0 Å². The first-order valence-electron chi connectivity index (χ1n) is 18.5. The Balaban J connectivity index is 1.32. The zero-order valence-electron chi connectivity index (χ0n) is 30.4. The van der Waals surface area contributed by atoms with Gasteiger partial charge in [0.15, 0.2) is 6.29 Å². The number of nitrogens with zero attached hydrogens (tertiary/aromatic N) is 1. The highest BCUT2D eigenvalue weighted by molar-refractivity contribution is 5.82. The Hall–Kier alpha value is -3.56. The number of amides is 2. The number of ether oxygens (including phenoxy) is 2. The molecule has 3 N–H and O–H groups in total. The van der Waals surface area contributed by atoms with Gasteiger partial charge in [0.1, 0.15) is 0 Å². The maximum Gasteiger partial charge on any atom is 0.237 e. The smallest absolute Gasteiger partial charge is 0.237 e. The van der Waals surface area contributed by atoms with Gasteiger partial charge < -0.3 is 25.2 Å². The van der Waals surface area contributed by atoms with Crippen molar-refractivity contribution in [2.24, 2.45) is 11.8 Å². The molecule has 50 heavy (non-hydrogen) atoms.